The van der Waals surface area contributed by atoms with Crippen molar-refractivity contribution in [2.24, 2.45) is 0 Å². The van der Waals surface area contributed by atoms with Gasteiger partial charge in [-0.3, -0.25) is 14.9 Å². The van der Waals surface area contributed by atoms with E-state index in [0.717, 1.165) is 5.56 Å². The van der Waals surface area contributed by atoms with E-state index in [9.17, 15) is 14.9 Å². The van der Waals surface area contributed by atoms with Crippen molar-refractivity contribution in [3.05, 3.63) is 63.2 Å². The molecule has 1 aliphatic heterocycles. The number of nitrogens with zero attached hydrogens (tertiary/aromatic N) is 1. The number of halogens is 1. The number of rotatable bonds is 8. The third-order valence-electron chi connectivity index (χ3n) is 5.33. The van der Waals surface area contributed by atoms with Gasteiger partial charge in [0, 0.05) is 38.1 Å². The van der Waals surface area contributed by atoms with Crippen molar-refractivity contribution in [1.82, 2.24) is 0 Å². The van der Waals surface area contributed by atoms with E-state index >= 15 is 0 Å². The van der Waals surface area contributed by atoms with Gasteiger partial charge in [-0.05, 0) is 43.5 Å². The number of anilines is 1. The molecule has 1 unspecified atom stereocenters. The van der Waals surface area contributed by atoms with Crippen LogP contribution < -0.4 is 10.1 Å². The highest BCUT2D eigenvalue weighted by Gasteiger charge is 2.42. The van der Waals surface area contributed by atoms with Gasteiger partial charge in [0.2, 0.25) is 5.91 Å². The summed E-state index contributed by atoms with van der Waals surface area (Å²) in [6, 6.07) is 11.2. The Balaban J connectivity index is 1.81. The molecule has 1 atom stereocenters. The molecular formula is C22H25ClN2O6. The van der Waals surface area contributed by atoms with Crippen molar-refractivity contribution in [2.75, 3.05) is 32.2 Å². The molecule has 1 amide bonds. The van der Waals surface area contributed by atoms with Gasteiger partial charge in [-0.1, -0.05) is 23.7 Å². The maximum absolute atomic E-state index is 13.4. The first-order valence-corrected chi connectivity index (χ1v) is 10.3. The molecular weight excluding hydrogens is 424 g/mol. The van der Waals surface area contributed by atoms with Crippen LogP contribution in [-0.4, -0.2) is 43.9 Å². The normalized spacial score (nSPS) is 16.4. The number of amides is 1. The highest BCUT2D eigenvalue weighted by atomic mass is 35.5. The second-order valence-electron chi connectivity index (χ2n) is 7.48. The van der Waals surface area contributed by atoms with E-state index in [0.29, 0.717) is 49.1 Å². The summed E-state index contributed by atoms with van der Waals surface area (Å²) in [6.45, 7) is 3.15. The Hall–Kier alpha value is -2.68. The van der Waals surface area contributed by atoms with Crippen molar-refractivity contribution in [3.8, 4) is 5.75 Å². The quantitative estimate of drug-likeness (QED) is 0.476. The Bertz CT molecular complexity index is 928. The minimum atomic E-state index is -0.845. The molecule has 1 heterocycles. The zero-order valence-corrected chi connectivity index (χ0v) is 18.2. The Morgan fingerprint density at radius 3 is 2.52 bits per heavy atom. The highest BCUT2D eigenvalue weighted by molar-refractivity contribution is 6.32. The number of non-ortho nitro benzene ring substituents is 1. The number of nitro groups is 1. The molecule has 1 saturated heterocycles. The molecule has 2 aromatic carbocycles. The van der Waals surface area contributed by atoms with Gasteiger partial charge in [0.25, 0.3) is 5.69 Å². The number of ether oxygens (including phenoxy) is 3. The third-order valence-corrected chi connectivity index (χ3v) is 5.63. The monoisotopic (exact) mass is 448 g/mol. The number of methoxy groups -OCH3 is 1. The summed E-state index contributed by atoms with van der Waals surface area (Å²) in [6.07, 6.45) is 0.774. The Labute approximate surface area is 185 Å². The fourth-order valence-electron chi connectivity index (χ4n) is 3.68. The van der Waals surface area contributed by atoms with Crippen LogP contribution in [0.2, 0.25) is 5.02 Å². The summed E-state index contributed by atoms with van der Waals surface area (Å²) < 4.78 is 16.3. The van der Waals surface area contributed by atoms with Gasteiger partial charge in [0.15, 0.2) is 0 Å². The molecule has 9 heteroatoms. The molecule has 2 aromatic rings. The van der Waals surface area contributed by atoms with Gasteiger partial charge < -0.3 is 19.5 Å². The SMILES string of the molecule is COCC(C)Oc1ccc(NC(=O)C2(c3ccc([N+](=O)[O-])cc3)CCOCC2)cc1Cl. The van der Waals surface area contributed by atoms with E-state index in [4.69, 9.17) is 25.8 Å². The number of nitrogens with one attached hydrogen (secondary N) is 1. The van der Waals surface area contributed by atoms with E-state index in [1.807, 2.05) is 6.92 Å². The smallest absolute Gasteiger partial charge is 0.269 e. The Morgan fingerprint density at radius 2 is 1.94 bits per heavy atom. The fourth-order valence-corrected chi connectivity index (χ4v) is 3.90. The number of nitro benzene ring substituents is 1. The first kappa shape index (κ1) is 23.0. The molecule has 0 aliphatic carbocycles. The molecule has 31 heavy (non-hydrogen) atoms. The lowest BCUT2D eigenvalue weighted by atomic mass is 9.73. The molecule has 8 nitrogen and oxygen atoms in total. The van der Waals surface area contributed by atoms with Crippen LogP contribution in [0.1, 0.15) is 25.3 Å². The van der Waals surface area contributed by atoms with Gasteiger partial charge in [0.05, 0.1) is 22.0 Å². The summed E-state index contributed by atoms with van der Waals surface area (Å²) in [5.41, 5.74) is 0.395. The van der Waals surface area contributed by atoms with E-state index in [2.05, 4.69) is 5.32 Å². The summed E-state index contributed by atoms with van der Waals surface area (Å²) in [7, 11) is 1.59. The Kier molecular flexibility index (Phi) is 7.48. The minimum absolute atomic E-state index is 0.0172. The second kappa shape index (κ2) is 10.1. The molecule has 1 fully saturated rings. The number of hydrogen-bond acceptors (Lipinski definition) is 6. The average Bonchev–Trinajstić information content (AvgIpc) is 2.76. The van der Waals surface area contributed by atoms with Gasteiger partial charge in [-0.25, -0.2) is 0 Å². The van der Waals surface area contributed by atoms with Crippen LogP contribution in [0.15, 0.2) is 42.5 Å². The molecule has 166 valence electrons. The van der Waals surface area contributed by atoms with Crippen molar-refractivity contribution < 1.29 is 23.9 Å². The van der Waals surface area contributed by atoms with Crippen molar-refractivity contribution in [1.29, 1.82) is 0 Å². The van der Waals surface area contributed by atoms with E-state index in [1.165, 1.54) is 12.1 Å². The first-order chi connectivity index (χ1) is 14.9. The zero-order chi connectivity index (χ0) is 22.4. The predicted molar refractivity (Wildman–Crippen MR) is 117 cm³/mol. The van der Waals surface area contributed by atoms with Gasteiger partial charge in [-0.15, -0.1) is 0 Å². The summed E-state index contributed by atoms with van der Waals surface area (Å²) in [5, 5.41) is 14.3. The summed E-state index contributed by atoms with van der Waals surface area (Å²) >= 11 is 6.34. The molecule has 1 aliphatic rings. The molecule has 3 rings (SSSR count). The number of benzene rings is 2. The Morgan fingerprint density at radius 1 is 1.26 bits per heavy atom. The summed E-state index contributed by atoms with van der Waals surface area (Å²) in [5.74, 6) is 0.294. The number of hydrogen-bond donors (Lipinski definition) is 1. The molecule has 1 N–H and O–H groups in total. The van der Waals surface area contributed by atoms with Gasteiger partial charge in [-0.2, -0.15) is 0 Å². The number of carbonyl (C=O) groups is 1. The first-order valence-electron chi connectivity index (χ1n) is 9.95. The van der Waals surface area contributed by atoms with Crippen LogP contribution in [0, 0.1) is 10.1 Å². The van der Waals surface area contributed by atoms with Crippen LogP contribution in [0.4, 0.5) is 11.4 Å². The van der Waals surface area contributed by atoms with Crippen LogP contribution >= 0.6 is 11.6 Å². The van der Waals surface area contributed by atoms with Gasteiger partial charge in [0.1, 0.15) is 11.9 Å². The molecule has 0 radical (unpaired) electrons. The lowest BCUT2D eigenvalue weighted by Gasteiger charge is -2.36. The van der Waals surface area contributed by atoms with Crippen LogP contribution in [0.5, 0.6) is 5.75 Å². The maximum atomic E-state index is 13.4. The maximum Gasteiger partial charge on any atom is 0.269 e. The van der Waals surface area contributed by atoms with Crippen molar-refractivity contribution in [3.63, 3.8) is 0 Å². The zero-order valence-electron chi connectivity index (χ0n) is 17.4. The lowest BCUT2D eigenvalue weighted by Crippen LogP contribution is -2.44. The standard InChI is InChI=1S/C22H25ClN2O6/c1-15(14-29-2)31-20-8-5-17(13-19(20)23)24-21(26)22(9-11-30-12-10-22)16-3-6-18(7-4-16)25(27)28/h3-8,13,15H,9-12,14H2,1-2H3,(H,24,26). The van der Waals surface area contributed by atoms with Crippen molar-refractivity contribution in [2.45, 2.75) is 31.3 Å². The topological polar surface area (TPSA) is 99.9 Å². The average molecular weight is 449 g/mol. The molecule has 0 saturated carbocycles. The molecule has 0 aromatic heterocycles. The predicted octanol–water partition coefficient (Wildman–Crippen LogP) is 4.35. The van der Waals surface area contributed by atoms with Crippen LogP contribution in [-0.2, 0) is 19.7 Å². The van der Waals surface area contributed by atoms with Crippen LogP contribution in [0.3, 0.4) is 0 Å². The largest absolute Gasteiger partial charge is 0.487 e. The molecule has 0 bridgehead atoms. The van der Waals surface area contributed by atoms with Crippen LogP contribution in [0.25, 0.3) is 0 Å². The molecule has 0 spiro atoms. The summed E-state index contributed by atoms with van der Waals surface area (Å²) in [4.78, 5) is 23.9. The third kappa shape index (κ3) is 5.33. The van der Waals surface area contributed by atoms with E-state index in [-0.39, 0.29) is 17.7 Å². The lowest BCUT2D eigenvalue weighted by molar-refractivity contribution is -0.384. The fraction of sp³-hybridized carbons (Fsp3) is 0.409. The minimum Gasteiger partial charge on any atom is -0.487 e. The van der Waals surface area contributed by atoms with E-state index in [1.54, 1.807) is 37.4 Å². The van der Waals surface area contributed by atoms with E-state index < -0.39 is 10.3 Å². The van der Waals surface area contributed by atoms with Crippen molar-refractivity contribution >= 4 is 28.9 Å². The highest BCUT2D eigenvalue weighted by Crippen LogP contribution is 2.37. The number of carbonyl (C=O) groups excluding carboxylic acids is 1. The second-order valence-corrected chi connectivity index (χ2v) is 7.89. The van der Waals surface area contributed by atoms with Gasteiger partial charge >= 0.3 is 0 Å².